The molecule has 3 aromatic heterocycles. The largest absolute Gasteiger partial charge is 0.450 e. The number of nitrogen functional groups attached to an aromatic ring is 1. The first-order valence-corrected chi connectivity index (χ1v) is 6.41. The summed E-state index contributed by atoms with van der Waals surface area (Å²) in [5.74, 6) is 0.302. The van der Waals surface area contributed by atoms with E-state index in [4.69, 9.17) is 22.1 Å². The second-order valence-corrected chi connectivity index (χ2v) is 4.58. The van der Waals surface area contributed by atoms with E-state index >= 15 is 0 Å². The molecule has 0 aromatic carbocycles. The molecule has 0 aliphatic rings. The Kier molecular flexibility index (Phi) is 3.26. The maximum absolute atomic E-state index is 13.9. The molecular weight excluding hydrogens is 297 g/mol. The van der Waals surface area contributed by atoms with Gasteiger partial charge in [-0.1, -0.05) is 11.6 Å². The van der Waals surface area contributed by atoms with Gasteiger partial charge in [-0.15, -0.1) is 0 Å². The van der Waals surface area contributed by atoms with E-state index in [0.717, 1.165) is 0 Å². The van der Waals surface area contributed by atoms with Crippen molar-refractivity contribution >= 4 is 28.6 Å². The molecule has 3 rings (SSSR count). The van der Waals surface area contributed by atoms with E-state index in [1.165, 1.54) is 23.0 Å². The highest BCUT2D eigenvalue weighted by Gasteiger charge is 2.16. The Morgan fingerprint density at radius 2 is 2.19 bits per heavy atom. The molecule has 3 heterocycles. The summed E-state index contributed by atoms with van der Waals surface area (Å²) in [5.41, 5.74) is 6.37. The Labute approximate surface area is 124 Å². The number of halogens is 2. The number of nitrogens with one attached hydrogen (secondary N) is 1. The van der Waals surface area contributed by atoms with Crippen LogP contribution in [0.4, 0.5) is 15.9 Å². The summed E-state index contributed by atoms with van der Waals surface area (Å²) < 4.78 is 20.9. The molecule has 0 bridgehead atoms. The average molecular weight is 308 g/mol. The second-order valence-electron chi connectivity index (χ2n) is 4.21. The first-order valence-electron chi connectivity index (χ1n) is 6.03. The Bertz CT molecular complexity index is 820. The number of rotatable bonds is 3. The molecule has 0 spiro atoms. The minimum Gasteiger partial charge on any atom is -0.450 e. The number of ether oxygens (including phenoxy) is 1. The summed E-state index contributed by atoms with van der Waals surface area (Å²) in [5, 5.41) is 7.12. The fourth-order valence-corrected chi connectivity index (χ4v) is 2.24. The zero-order chi connectivity index (χ0) is 15.0. The highest BCUT2D eigenvalue weighted by Crippen LogP contribution is 2.38. The number of nitrogens with two attached hydrogens (primary N) is 1. The highest BCUT2D eigenvalue weighted by molar-refractivity contribution is 6.35. The minimum absolute atomic E-state index is 0.219. The lowest BCUT2D eigenvalue weighted by Crippen LogP contribution is -2.00. The Morgan fingerprint density at radius 3 is 2.95 bits per heavy atom. The van der Waals surface area contributed by atoms with Gasteiger partial charge in [-0.3, -0.25) is 0 Å². The highest BCUT2D eigenvalue weighted by atomic mass is 35.5. The Hall–Kier alpha value is -2.54. The smallest absolute Gasteiger partial charge is 0.176 e. The average Bonchev–Trinajstić information content (AvgIpc) is 2.87. The van der Waals surface area contributed by atoms with Gasteiger partial charge in [0.25, 0.3) is 0 Å². The molecule has 3 N–H and O–H groups in total. The zero-order valence-corrected chi connectivity index (χ0v) is 11.7. The van der Waals surface area contributed by atoms with Crippen molar-refractivity contribution < 1.29 is 9.13 Å². The van der Waals surface area contributed by atoms with E-state index in [1.54, 1.807) is 19.3 Å². The summed E-state index contributed by atoms with van der Waals surface area (Å²) in [4.78, 5) is 3.98. The van der Waals surface area contributed by atoms with Gasteiger partial charge in [0.15, 0.2) is 17.3 Å². The molecule has 0 unspecified atom stereocenters. The summed E-state index contributed by atoms with van der Waals surface area (Å²) in [6.45, 7) is 0. The van der Waals surface area contributed by atoms with Gasteiger partial charge in [-0.2, -0.15) is 5.10 Å². The van der Waals surface area contributed by atoms with Crippen molar-refractivity contribution in [2.45, 2.75) is 0 Å². The van der Waals surface area contributed by atoms with E-state index < -0.39 is 5.82 Å². The van der Waals surface area contributed by atoms with Gasteiger partial charge >= 0.3 is 0 Å². The number of nitrogens with zero attached hydrogens (tertiary/aromatic N) is 3. The number of hydrogen-bond donors (Lipinski definition) is 2. The van der Waals surface area contributed by atoms with Gasteiger partial charge in [0.05, 0.1) is 18.1 Å². The number of aromatic nitrogens is 3. The van der Waals surface area contributed by atoms with Gasteiger partial charge < -0.3 is 15.8 Å². The van der Waals surface area contributed by atoms with Crippen LogP contribution in [0.3, 0.4) is 0 Å². The lowest BCUT2D eigenvalue weighted by atomic mass is 10.3. The van der Waals surface area contributed by atoms with E-state index in [9.17, 15) is 4.39 Å². The van der Waals surface area contributed by atoms with Crippen LogP contribution < -0.4 is 15.8 Å². The van der Waals surface area contributed by atoms with Crippen LogP contribution >= 0.6 is 11.6 Å². The van der Waals surface area contributed by atoms with E-state index in [-0.39, 0.29) is 27.9 Å². The minimum atomic E-state index is -0.446. The quantitative estimate of drug-likeness (QED) is 0.778. The molecule has 108 valence electrons. The molecule has 0 aliphatic carbocycles. The molecule has 0 radical (unpaired) electrons. The number of hydrogen-bond acceptors (Lipinski definition) is 5. The maximum atomic E-state index is 13.9. The molecule has 0 fully saturated rings. The van der Waals surface area contributed by atoms with Gasteiger partial charge in [0, 0.05) is 13.2 Å². The summed E-state index contributed by atoms with van der Waals surface area (Å²) in [6, 6.07) is 2.88. The summed E-state index contributed by atoms with van der Waals surface area (Å²) in [6.07, 6.45) is 4.40. The van der Waals surface area contributed by atoms with Crippen LogP contribution in [-0.4, -0.2) is 21.6 Å². The molecule has 21 heavy (non-hydrogen) atoms. The van der Waals surface area contributed by atoms with Gasteiger partial charge in [-0.25, -0.2) is 13.9 Å². The second kappa shape index (κ2) is 5.10. The van der Waals surface area contributed by atoms with Crippen molar-refractivity contribution in [3.8, 4) is 11.5 Å². The normalized spacial score (nSPS) is 10.8. The van der Waals surface area contributed by atoms with Crippen LogP contribution in [0.25, 0.3) is 5.52 Å². The predicted octanol–water partition coefficient (Wildman–Crippen LogP) is 2.94. The molecule has 0 atom stereocenters. The zero-order valence-electron chi connectivity index (χ0n) is 11.0. The lowest BCUT2D eigenvalue weighted by molar-refractivity contribution is 0.483. The van der Waals surface area contributed by atoms with Crippen molar-refractivity contribution in [3.63, 3.8) is 0 Å². The van der Waals surface area contributed by atoms with E-state index in [1.807, 2.05) is 0 Å². The monoisotopic (exact) mass is 307 g/mol. The first kappa shape index (κ1) is 13.4. The van der Waals surface area contributed by atoms with Crippen molar-refractivity contribution in [2.75, 3.05) is 18.1 Å². The third-order valence-electron chi connectivity index (χ3n) is 2.94. The van der Waals surface area contributed by atoms with Crippen molar-refractivity contribution in [1.29, 1.82) is 0 Å². The molecule has 3 aromatic rings. The first-order chi connectivity index (χ1) is 10.1. The number of anilines is 2. The van der Waals surface area contributed by atoms with Crippen LogP contribution in [0.1, 0.15) is 0 Å². The topological polar surface area (TPSA) is 77.5 Å². The Balaban J connectivity index is 2.07. The lowest BCUT2D eigenvalue weighted by Gasteiger charge is -2.11. The van der Waals surface area contributed by atoms with Gasteiger partial charge in [0.1, 0.15) is 16.4 Å². The van der Waals surface area contributed by atoms with Crippen molar-refractivity contribution in [1.82, 2.24) is 14.6 Å². The van der Waals surface area contributed by atoms with Gasteiger partial charge in [0.2, 0.25) is 0 Å². The molecule has 0 saturated heterocycles. The predicted molar refractivity (Wildman–Crippen MR) is 78.4 cm³/mol. The van der Waals surface area contributed by atoms with Gasteiger partial charge in [-0.05, 0) is 12.1 Å². The third kappa shape index (κ3) is 2.21. The fourth-order valence-electron chi connectivity index (χ4n) is 1.96. The van der Waals surface area contributed by atoms with Crippen molar-refractivity contribution in [3.05, 3.63) is 41.6 Å². The molecule has 0 saturated carbocycles. The van der Waals surface area contributed by atoms with E-state index in [0.29, 0.717) is 5.69 Å². The number of fused-ring (bicyclic) bond motifs is 1. The molecule has 8 heteroatoms. The van der Waals surface area contributed by atoms with Crippen LogP contribution in [0.15, 0.2) is 30.7 Å². The third-order valence-corrected chi connectivity index (χ3v) is 3.32. The number of pyridine rings is 2. The maximum Gasteiger partial charge on any atom is 0.176 e. The Morgan fingerprint density at radius 1 is 1.38 bits per heavy atom. The SMILES string of the molecule is CNc1c(N)ncc(Oc2cnn3cccc(F)c23)c1Cl. The van der Waals surface area contributed by atoms with Crippen LogP contribution in [0.5, 0.6) is 11.5 Å². The molecular formula is C13H11ClFN5O. The molecule has 0 amide bonds. The van der Waals surface area contributed by atoms with Crippen molar-refractivity contribution in [2.24, 2.45) is 0 Å². The summed E-state index contributed by atoms with van der Waals surface area (Å²) in [7, 11) is 1.66. The van der Waals surface area contributed by atoms with Crippen LogP contribution in [0, 0.1) is 5.82 Å². The van der Waals surface area contributed by atoms with Crippen LogP contribution in [0.2, 0.25) is 5.02 Å². The summed E-state index contributed by atoms with van der Waals surface area (Å²) >= 11 is 6.19. The molecule has 6 nitrogen and oxygen atoms in total. The molecule has 0 aliphatic heterocycles. The fraction of sp³-hybridized carbons (Fsp3) is 0.0769. The standard InChI is InChI=1S/C13H11ClFN5O/c1-17-11-10(14)8(5-18-13(11)16)21-9-6-19-20-4-2-3-7(15)12(9)20/h2-6,17H,1H3,(H2,16,18). The van der Waals surface area contributed by atoms with Crippen LogP contribution in [-0.2, 0) is 0 Å². The van der Waals surface area contributed by atoms with E-state index in [2.05, 4.69) is 15.4 Å².